The summed E-state index contributed by atoms with van der Waals surface area (Å²) in [5, 5.41) is 8.35. The molecule has 6 nitrogen and oxygen atoms in total. The summed E-state index contributed by atoms with van der Waals surface area (Å²) < 4.78 is 30.0. The molecule has 0 aliphatic carbocycles. The molecule has 0 atom stereocenters. The largest absolute Gasteiger partial charge is 0.447 e. The Balaban J connectivity index is 3.23. The van der Waals surface area contributed by atoms with E-state index in [9.17, 15) is 13.2 Å². The van der Waals surface area contributed by atoms with E-state index in [1.165, 1.54) is 32.3 Å². The minimum atomic E-state index is -3.63. The number of halogens is 1. The first-order valence-corrected chi connectivity index (χ1v) is 7.30. The molecular formula is C11H11BrN2O4S. The van der Waals surface area contributed by atoms with Gasteiger partial charge in [-0.2, -0.15) is 5.26 Å². The molecule has 0 fully saturated rings. The molecule has 0 spiro atoms. The van der Waals surface area contributed by atoms with Gasteiger partial charge in [0.1, 0.15) is 6.07 Å². The van der Waals surface area contributed by atoms with Crippen LogP contribution < -0.4 is 0 Å². The smallest absolute Gasteiger partial charge is 0.340 e. The van der Waals surface area contributed by atoms with Crippen LogP contribution in [-0.2, 0) is 14.8 Å². The van der Waals surface area contributed by atoms with Crippen LogP contribution in [0.3, 0.4) is 0 Å². The SMILES string of the molecule is CN(C)S(=O)(=O)c1ccc(Br)c(C(=O)OCC#N)c1. The summed E-state index contributed by atoms with van der Waals surface area (Å²) in [6.45, 7) is -0.393. The number of hydrogen-bond acceptors (Lipinski definition) is 5. The molecule has 0 saturated carbocycles. The van der Waals surface area contributed by atoms with E-state index in [0.29, 0.717) is 4.47 Å². The Morgan fingerprint density at radius 3 is 2.63 bits per heavy atom. The fourth-order valence-corrected chi connectivity index (χ4v) is 2.54. The topological polar surface area (TPSA) is 87.5 Å². The third kappa shape index (κ3) is 3.53. The van der Waals surface area contributed by atoms with Gasteiger partial charge >= 0.3 is 5.97 Å². The molecule has 0 amide bonds. The Morgan fingerprint density at radius 1 is 1.47 bits per heavy atom. The van der Waals surface area contributed by atoms with Crippen molar-refractivity contribution in [2.45, 2.75) is 4.90 Å². The maximum absolute atomic E-state index is 11.9. The van der Waals surface area contributed by atoms with Gasteiger partial charge in [-0.1, -0.05) is 0 Å². The van der Waals surface area contributed by atoms with Crippen molar-refractivity contribution in [2.24, 2.45) is 0 Å². The van der Waals surface area contributed by atoms with Gasteiger partial charge in [-0.3, -0.25) is 0 Å². The monoisotopic (exact) mass is 346 g/mol. The number of nitriles is 1. The summed E-state index contributed by atoms with van der Waals surface area (Å²) in [6, 6.07) is 5.69. The predicted octanol–water partition coefficient (Wildman–Crippen LogP) is 1.38. The van der Waals surface area contributed by atoms with Crippen LogP contribution >= 0.6 is 15.9 Å². The minimum absolute atomic E-state index is 0.0235. The number of sulfonamides is 1. The van der Waals surface area contributed by atoms with Gasteiger partial charge in [-0.05, 0) is 34.1 Å². The highest BCUT2D eigenvalue weighted by Crippen LogP contribution is 2.23. The van der Waals surface area contributed by atoms with Crippen LogP contribution in [0.5, 0.6) is 0 Å². The van der Waals surface area contributed by atoms with Crippen LogP contribution in [0.1, 0.15) is 10.4 Å². The molecule has 0 aliphatic rings. The average molecular weight is 347 g/mol. The van der Waals surface area contributed by atoms with Crippen molar-refractivity contribution in [3.63, 3.8) is 0 Å². The quantitative estimate of drug-likeness (QED) is 0.768. The van der Waals surface area contributed by atoms with E-state index in [4.69, 9.17) is 5.26 Å². The van der Waals surface area contributed by atoms with Gasteiger partial charge in [0.2, 0.25) is 10.0 Å². The molecule has 0 aliphatic heterocycles. The highest BCUT2D eigenvalue weighted by atomic mass is 79.9. The second-order valence-electron chi connectivity index (χ2n) is 3.66. The Kier molecular flexibility index (Phi) is 5.05. The van der Waals surface area contributed by atoms with Crippen molar-refractivity contribution in [3.05, 3.63) is 28.2 Å². The number of benzene rings is 1. The molecular weight excluding hydrogens is 336 g/mol. The molecule has 0 unspecified atom stereocenters. The molecule has 0 saturated heterocycles. The second-order valence-corrected chi connectivity index (χ2v) is 6.67. The standard InChI is InChI=1S/C11H11BrN2O4S/c1-14(2)19(16,17)8-3-4-10(12)9(7-8)11(15)18-6-5-13/h3-4,7H,6H2,1-2H3. The molecule has 102 valence electrons. The Bertz CT molecular complexity index is 635. The van der Waals surface area contributed by atoms with Crippen LogP contribution in [0.2, 0.25) is 0 Å². The van der Waals surface area contributed by atoms with Gasteiger partial charge in [0.05, 0.1) is 10.5 Å². The molecule has 0 heterocycles. The van der Waals surface area contributed by atoms with Crippen LogP contribution in [0, 0.1) is 11.3 Å². The molecule has 0 aromatic heterocycles. The number of hydrogen-bond donors (Lipinski definition) is 0. The van der Waals surface area contributed by atoms with Crippen LogP contribution in [-0.4, -0.2) is 39.4 Å². The van der Waals surface area contributed by atoms with Gasteiger partial charge in [0, 0.05) is 18.6 Å². The van der Waals surface area contributed by atoms with Gasteiger partial charge in [0.25, 0.3) is 0 Å². The normalized spacial score (nSPS) is 11.1. The molecule has 19 heavy (non-hydrogen) atoms. The highest BCUT2D eigenvalue weighted by molar-refractivity contribution is 9.10. The molecule has 1 aromatic rings. The van der Waals surface area contributed by atoms with E-state index in [1.807, 2.05) is 0 Å². The first kappa shape index (κ1) is 15.6. The molecule has 1 rings (SSSR count). The third-order valence-corrected chi connectivity index (χ3v) is 4.71. The third-order valence-electron chi connectivity index (χ3n) is 2.20. The first-order valence-electron chi connectivity index (χ1n) is 5.07. The lowest BCUT2D eigenvalue weighted by molar-refractivity contribution is 0.0553. The summed E-state index contributed by atoms with van der Waals surface area (Å²) in [5.41, 5.74) is 0.0539. The number of nitrogens with zero attached hydrogens (tertiary/aromatic N) is 2. The molecule has 0 radical (unpaired) electrons. The number of carbonyl (C=O) groups is 1. The lowest BCUT2D eigenvalue weighted by Gasteiger charge is -2.12. The van der Waals surface area contributed by atoms with E-state index < -0.39 is 22.6 Å². The van der Waals surface area contributed by atoms with Gasteiger partial charge in [-0.25, -0.2) is 17.5 Å². The summed E-state index contributed by atoms with van der Waals surface area (Å²) in [5.74, 6) is -0.760. The predicted molar refractivity (Wildman–Crippen MR) is 70.9 cm³/mol. The van der Waals surface area contributed by atoms with Crippen molar-refractivity contribution >= 4 is 31.9 Å². The van der Waals surface area contributed by atoms with Gasteiger partial charge < -0.3 is 4.74 Å². The van der Waals surface area contributed by atoms with E-state index in [2.05, 4.69) is 20.7 Å². The van der Waals surface area contributed by atoms with Gasteiger partial charge in [-0.15, -0.1) is 0 Å². The zero-order valence-electron chi connectivity index (χ0n) is 10.3. The maximum Gasteiger partial charge on any atom is 0.340 e. The summed E-state index contributed by atoms with van der Waals surface area (Å²) in [6.07, 6.45) is 0. The van der Waals surface area contributed by atoms with Crippen molar-refractivity contribution in [2.75, 3.05) is 20.7 Å². The van der Waals surface area contributed by atoms with E-state index in [0.717, 1.165) is 4.31 Å². The van der Waals surface area contributed by atoms with Crippen LogP contribution in [0.4, 0.5) is 0 Å². The zero-order valence-corrected chi connectivity index (χ0v) is 12.7. The van der Waals surface area contributed by atoms with Gasteiger partial charge in [0.15, 0.2) is 6.61 Å². The lowest BCUT2D eigenvalue weighted by atomic mass is 10.2. The second kappa shape index (κ2) is 6.14. The van der Waals surface area contributed by atoms with E-state index >= 15 is 0 Å². The zero-order chi connectivity index (χ0) is 14.6. The summed E-state index contributed by atoms with van der Waals surface area (Å²) >= 11 is 3.13. The van der Waals surface area contributed by atoms with Crippen molar-refractivity contribution in [1.29, 1.82) is 5.26 Å². The summed E-state index contributed by atoms with van der Waals surface area (Å²) in [4.78, 5) is 11.6. The molecule has 0 bridgehead atoms. The first-order chi connectivity index (χ1) is 8.80. The van der Waals surface area contributed by atoms with Crippen molar-refractivity contribution in [3.8, 4) is 6.07 Å². The van der Waals surface area contributed by atoms with Crippen LogP contribution in [0.15, 0.2) is 27.6 Å². The number of carbonyl (C=O) groups excluding carboxylic acids is 1. The van der Waals surface area contributed by atoms with Crippen LogP contribution in [0.25, 0.3) is 0 Å². The van der Waals surface area contributed by atoms with Crippen molar-refractivity contribution < 1.29 is 17.9 Å². The Morgan fingerprint density at radius 2 is 2.11 bits per heavy atom. The number of ether oxygens (including phenoxy) is 1. The highest BCUT2D eigenvalue weighted by Gasteiger charge is 2.21. The molecule has 0 N–H and O–H groups in total. The van der Waals surface area contributed by atoms with Crippen molar-refractivity contribution in [1.82, 2.24) is 4.31 Å². The number of esters is 1. The fourth-order valence-electron chi connectivity index (χ4n) is 1.21. The molecule has 1 aromatic carbocycles. The average Bonchev–Trinajstić information content (AvgIpc) is 2.36. The Hall–Kier alpha value is -1.43. The number of rotatable bonds is 4. The fraction of sp³-hybridized carbons (Fsp3) is 0.273. The summed E-state index contributed by atoms with van der Waals surface area (Å²) in [7, 11) is -0.843. The Labute approximate surface area is 119 Å². The molecule has 8 heteroatoms. The lowest BCUT2D eigenvalue weighted by Crippen LogP contribution is -2.22. The minimum Gasteiger partial charge on any atom is -0.447 e. The van der Waals surface area contributed by atoms with E-state index in [-0.39, 0.29) is 10.5 Å². The maximum atomic E-state index is 11.9. The van der Waals surface area contributed by atoms with E-state index in [1.54, 1.807) is 6.07 Å².